The third-order valence-electron chi connectivity index (χ3n) is 5.43. The van der Waals surface area contributed by atoms with Crippen LogP contribution in [-0.2, 0) is 19.6 Å². The Balaban J connectivity index is 0.00000107. The third-order valence-corrected chi connectivity index (χ3v) is 6.88. The molecule has 2 aliphatic heterocycles. The molecule has 174 valence electrons. The van der Waals surface area contributed by atoms with E-state index in [2.05, 4.69) is 24.5 Å². The van der Waals surface area contributed by atoms with Gasteiger partial charge in [0.2, 0.25) is 21.9 Å². The van der Waals surface area contributed by atoms with Gasteiger partial charge in [-0.2, -0.15) is 0 Å². The van der Waals surface area contributed by atoms with Crippen LogP contribution in [0.5, 0.6) is 0 Å². The minimum atomic E-state index is -3.24. The highest BCUT2D eigenvalue weighted by Gasteiger charge is 2.32. The first kappa shape index (κ1) is 25.0. The number of rotatable bonds is 5. The molecule has 0 bridgehead atoms. The highest BCUT2D eigenvalue weighted by atomic mass is 32.2. The Morgan fingerprint density at radius 3 is 2.39 bits per heavy atom. The Kier molecular flexibility index (Phi) is 9.59. The quantitative estimate of drug-likeness (QED) is 0.561. The topological polar surface area (TPSA) is 136 Å². The first-order valence-electron chi connectivity index (χ1n) is 10.4. The molecule has 1 aromatic heterocycles. The SMILES string of the molecule is CCS(=O)(=O)N[C@H]1CC[C@@H](C(=O)N2CCN(c3ncccn3)CC2)CN(C)C1.O=CO. The molecule has 0 radical (unpaired) electrons. The van der Waals surface area contributed by atoms with Gasteiger partial charge < -0.3 is 19.8 Å². The van der Waals surface area contributed by atoms with Crippen molar-refractivity contribution in [2.75, 3.05) is 57.0 Å². The van der Waals surface area contributed by atoms with Gasteiger partial charge in [0.05, 0.1) is 11.7 Å². The van der Waals surface area contributed by atoms with Crippen molar-refractivity contribution >= 4 is 28.4 Å². The minimum absolute atomic E-state index is 0.0744. The number of piperazine rings is 1. The Morgan fingerprint density at radius 1 is 1.19 bits per heavy atom. The average molecular weight is 457 g/mol. The van der Waals surface area contributed by atoms with Crippen LogP contribution in [0.15, 0.2) is 18.5 Å². The molecule has 3 rings (SSSR count). The third kappa shape index (κ3) is 7.71. The first-order valence-corrected chi connectivity index (χ1v) is 12.0. The van der Waals surface area contributed by atoms with Gasteiger partial charge in [-0.05, 0) is 32.9 Å². The Labute approximate surface area is 183 Å². The van der Waals surface area contributed by atoms with Crippen LogP contribution >= 0.6 is 0 Å². The van der Waals surface area contributed by atoms with Gasteiger partial charge in [-0.3, -0.25) is 9.59 Å². The summed E-state index contributed by atoms with van der Waals surface area (Å²) >= 11 is 0. The number of likely N-dealkylation sites (tertiary alicyclic amines) is 1. The van der Waals surface area contributed by atoms with Gasteiger partial charge in [-0.15, -0.1) is 0 Å². The van der Waals surface area contributed by atoms with Crippen LogP contribution < -0.4 is 9.62 Å². The number of nitrogens with one attached hydrogen (secondary N) is 1. The normalized spacial score (nSPS) is 22.8. The van der Waals surface area contributed by atoms with Crippen LogP contribution in [0.4, 0.5) is 5.95 Å². The van der Waals surface area contributed by atoms with E-state index in [9.17, 15) is 13.2 Å². The van der Waals surface area contributed by atoms with Gasteiger partial charge in [0.15, 0.2) is 0 Å². The highest BCUT2D eigenvalue weighted by Crippen LogP contribution is 2.20. The van der Waals surface area contributed by atoms with Crippen LogP contribution in [0.25, 0.3) is 0 Å². The lowest BCUT2D eigenvalue weighted by Gasteiger charge is -2.36. The Morgan fingerprint density at radius 2 is 1.81 bits per heavy atom. The summed E-state index contributed by atoms with van der Waals surface area (Å²) in [5, 5.41) is 6.89. The highest BCUT2D eigenvalue weighted by molar-refractivity contribution is 7.89. The molecule has 0 aliphatic carbocycles. The lowest BCUT2D eigenvalue weighted by atomic mass is 10.00. The van der Waals surface area contributed by atoms with E-state index < -0.39 is 10.0 Å². The van der Waals surface area contributed by atoms with E-state index in [1.807, 2.05) is 11.9 Å². The van der Waals surface area contributed by atoms with Gasteiger partial charge in [0.1, 0.15) is 0 Å². The van der Waals surface area contributed by atoms with Gasteiger partial charge >= 0.3 is 0 Å². The second-order valence-corrected chi connectivity index (χ2v) is 9.72. The molecule has 0 saturated carbocycles. The summed E-state index contributed by atoms with van der Waals surface area (Å²) < 4.78 is 26.5. The molecular formula is C19H32N6O5S. The number of carbonyl (C=O) groups is 2. The van der Waals surface area contributed by atoms with Gasteiger partial charge in [0, 0.05) is 57.7 Å². The fourth-order valence-corrected chi connectivity index (χ4v) is 4.75. The first-order chi connectivity index (χ1) is 14.8. The summed E-state index contributed by atoms with van der Waals surface area (Å²) in [7, 11) is -1.29. The number of sulfonamides is 1. The van der Waals surface area contributed by atoms with Gasteiger partial charge in [-0.1, -0.05) is 0 Å². The largest absolute Gasteiger partial charge is 0.483 e. The molecule has 2 saturated heterocycles. The van der Waals surface area contributed by atoms with Crippen molar-refractivity contribution in [2.24, 2.45) is 5.92 Å². The average Bonchev–Trinajstić information content (AvgIpc) is 2.95. The number of carbonyl (C=O) groups excluding carboxylic acids is 1. The van der Waals surface area contributed by atoms with Crippen LogP contribution in [-0.4, -0.2) is 104 Å². The second-order valence-electron chi connectivity index (χ2n) is 7.68. The second kappa shape index (κ2) is 11.9. The molecule has 0 spiro atoms. The lowest BCUT2D eigenvalue weighted by molar-refractivity contribution is -0.136. The van der Waals surface area contributed by atoms with Crippen molar-refractivity contribution in [3.8, 4) is 0 Å². The predicted octanol–water partition coefficient (Wildman–Crippen LogP) is -0.524. The molecule has 1 aromatic rings. The zero-order valence-corrected chi connectivity index (χ0v) is 18.9. The minimum Gasteiger partial charge on any atom is -0.483 e. The van der Waals surface area contributed by atoms with Gasteiger partial charge in [-0.25, -0.2) is 23.1 Å². The predicted molar refractivity (Wildman–Crippen MR) is 116 cm³/mol. The molecule has 2 fully saturated rings. The number of amides is 1. The molecule has 11 nitrogen and oxygen atoms in total. The summed E-state index contributed by atoms with van der Waals surface area (Å²) in [6.45, 7) is 5.42. The number of aromatic nitrogens is 2. The number of likely N-dealkylation sites (N-methyl/N-ethyl adjacent to an activating group) is 1. The van der Waals surface area contributed by atoms with Crippen molar-refractivity contribution in [3.63, 3.8) is 0 Å². The van der Waals surface area contributed by atoms with E-state index >= 15 is 0 Å². The van der Waals surface area contributed by atoms with Gasteiger partial charge in [0.25, 0.3) is 6.47 Å². The smallest absolute Gasteiger partial charge is 0.290 e. The van der Waals surface area contributed by atoms with E-state index in [1.165, 1.54) is 0 Å². The summed E-state index contributed by atoms with van der Waals surface area (Å²) in [6.07, 6.45) is 4.83. The molecule has 0 aromatic carbocycles. The van der Waals surface area contributed by atoms with E-state index in [0.717, 1.165) is 13.1 Å². The van der Waals surface area contributed by atoms with Crippen LogP contribution in [0, 0.1) is 5.92 Å². The zero-order chi connectivity index (χ0) is 22.9. The molecule has 12 heteroatoms. The van der Waals surface area contributed by atoms with E-state index in [4.69, 9.17) is 9.90 Å². The molecule has 0 unspecified atom stereocenters. The number of anilines is 1. The van der Waals surface area contributed by atoms with Crippen molar-refractivity contribution in [1.29, 1.82) is 0 Å². The molecule has 2 atom stereocenters. The molecule has 1 amide bonds. The van der Waals surface area contributed by atoms with Crippen molar-refractivity contribution in [2.45, 2.75) is 25.8 Å². The standard InChI is InChI=1S/C18H30N6O3S.CH2O2/c1-3-28(26,27)21-16-6-5-15(13-22(2)14-16)17(25)23-9-11-24(12-10-23)18-19-7-4-8-20-18;2-1-3/h4,7-8,15-16,21H,3,5-6,9-14H2,1-2H3;1H,(H,2,3)/t15-,16+;/m1./s1. The molecule has 3 heterocycles. The summed E-state index contributed by atoms with van der Waals surface area (Å²) in [6, 6.07) is 1.65. The molecule has 31 heavy (non-hydrogen) atoms. The van der Waals surface area contributed by atoms with Crippen molar-refractivity contribution in [3.05, 3.63) is 18.5 Å². The maximum absolute atomic E-state index is 13.1. The summed E-state index contributed by atoms with van der Waals surface area (Å²) in [5.41, 5.74) is 0. The number of nitrogens with zero attached hydrogens (tertiary/aromatic N) is 5. The van der Waals surface area contributed by atoms with Crippen molar-refractivity contribution in [1.82, 2.24) is 24.5 Å². The summed E-state index contributed by atoms with van der Waals surface area (Å²) in [4.78, 5) is 36.1. The Bertz CT molecular complexity index is 801. The number of hydrogen-bond donors (Lipinski definition) is 2. The monoisotopic (exact) mass is 456 g/mol. The van der Waals surface area contributed by atoms with Crippen LogP contribution in [0.3, 0.4) is 0 Å². The fourth-order valence-electron chi connectivity index (χ4n) is 3.89. The molecule has 2 aliphatic rings. The zero-order valence-electron chi connectivity index (χ0n) is 18.1. The van der Waals surface area contributed by atoms with E-state index in [1.54, 1.807) is 25.4 Å². The van der Waals surface area contributed by atoms with Crippen molar-refractivity contribution < 1.29 is 23.1 Å². The maximum atomic E-state index is 13.1. The maximum Gasteiger partial charge on any atom is 0.290 e. The van der Waals surface area contributed by atoms with Crippen LogP contribution in [0.1, 0.15) is 19.8 Å². The number of hydrogen-bond acceptors (Lipinski definition) is 8. The molecular weight excluding hydrogens is 424 g/mol. The molecule has 2 N–H and O–H groups in total. The summed E-state index contributed by atoms with van der Waals surface area (Å²) in [5.74, 6) is 0.848. The van der Waals surface area contributed by atoms with Crippen LogP contribution in [0.2, 0.25) is 0 Å². The fraction of sp³-hybridized carbons (Fsp3) is 0.684. The Hall–Kier alpha value is -2.31. The number of carboxylic acid groups (broad SMARTS) is 1. The lowest BCUT2D eigenvalue weighted by Crippen LogP contribution is -2.51. The van der Waals surface area contributed by atoms with E-state index in [0.29, 0.717) is 45.0 Å². The van der Waals surface area contributed by atoms with E-state index in [-0.39, 0.29) is 30.1 Å².